The van der Waals surface area contributed by atoms with Gasteiger partial charge in [-0.25, -0.2) is 4.98 Å². The van der Waals surface area contributed by atoms with Gasteiger partial charge in [0.15, 0.2) is 5.65 Å². The zero-order valence-electron chi connectivity index (χ0n) is 17.9. The molecule has 0 fully saturated rings. The molecular weight excluding hydrogens is 434 g/mol. The molecule has 0 aliphatic carbocycles. The van der Waals surface area contributed by atoms with Crippen LogP contribution in [0, 0.1) is 0 Å². The number of anilines is 2. The van der Waals surface area contributed by atoms with E-state index < -0.39 is 0 Å². The average molecular weight is 456 g/mol. The third kappa shape index (κ3) is 4.47. The molecule has 3 aromatic heterocycles. The van der Waals surface area contributed by atoms with E-state index in [0.717, 1.165) is 28.4 Å². The number of carbonyl (C=O) groups excluding carboxylic acids is 1. The average Bonchev–Trinajstić information content (AvgIpc) is 3.51. The fraction of sp³-hybridized carbons (Fsp3) is 0.0800. The van der Waals surface area contributed by atoms with Crippen LogP contribution >= 0.6 is 11.8 Å². The molecule has 7 nitrogen and oxygen atoms in total. The van der Waals surface area contributed by atoms with E-state index in [-0.39, 0.29) is 5.91 Å². The number of imidazole rings is 1. The van der Waals surface area contributed by atoms with Crippen LogP contribution in [0.2, 0.25) is 0 Å². The molecule has 0 aliphatic rings. The van der Waals surface area contributed by atoms with Crippen molar-refractivity contribution in [2.45, 2.75) is 11.4 Å². The minimum absolute atomic E-state index is 0.159. The van der Waals surface area contributed by atoms with Gasteiger partial charge in [-0.1, -0.05) is 12.1 Å². The molecule has 5 rings (SSSR count). The van der Waals surface area contributed by atoms with Crippen molar-refractivity contribution in [1.29, 1.82) is 0 Å². The van der Waals surface area contributed by atoms with Crippen molar-refractivity contribution in [3.8, 4) is 11.3 Å². The van der Waals surface area contributed by atoms with Gasteiger partial charge in [-0.2, -0.15) is 0 Å². The molecule has 2 aromatic carbocycles. The van der Waals surface area contributed by atoms with Crippen LogP contribution in [-0.4, -0.2) is 26.5 Å². The van der Waals surface area contributed by atoms with Crippen LogP contribution in [0.25, 0.3) is 16.9 Å². The number of hydrogen-bond acceptors (Lipinski definition) is 6. The van der Waals surface area contributed by atoms with E-state index in [0.29, 0.717) is 17.9 Å². The van der Waals surface area contributed by atoms with Gasteiger partial charge in [0.1, 0.15) is 17.3 Å². The molecule has 3 heterocycles. The van der Waals surface area contributed by atoms with Crippen molar-refractivity contribution in [3.05, 3.63) is 96.8 Å². The van der Waals surface area contributed by atoms with Gasteiger partial charge >= 0.3 is 0 Å². The summed E-state index contributed by atoms with van der Waals surface area (Å²) in [5.74, 6) is 1.38. The van der Waals surface area contributed by atoms with Crippen LogP contribution in [0.1, 0.15) is 16.1 Å². The number of rotatable bonds is 7. The summed E-state index contributed by atoms with van der Waals surface area (Å²) in [6.45, 7) is 0.348. The minimum Gasteiger partial charge on any atom is -0.467 e. The van der Waals surface area contributed by atoms with E-state index in [1.165, 1.54) is 4.90 Å². The maximum absolute atomic E-state index is 12.4. The highest BCUT2D eigenvalue weighted by Crippen LogP contribution is 2.32. The number of nitrogens with zero attached hydrogens (tertiary/aromatic N) is 3. The highest BCUT2D eigenvalue weighted by molar-refractivity contribution is 7.98. The Bertz CT molecular complexity index is 1380. The summed E-state index contributed by atoms with van der Waals surface area (Å²) in [6.07, 6.45) is 8.98. The molecule has 0 saturated heterocycles. The summed E-state index contributed by atoms with van der Waals surface area (Å²) >= 11 is 1.70. The first-order chi connectivity index (χ1) is 16.2. The van der Waals surface area contributed by atoms with Gasteiger partial charge in [0.2, 0.25) is 0 Å². The van der Waals surface area contributed by atoms with Crippen molar-refractivity contribution < 1.29 is 9.21 Å². The second-order valence-corrected chi connectivity index (χ2v) is 8.19. The maximum Gasteiger partial charge on any atom is 0.251 e. The number of amides is 1. The molecule has 0 radical (unpaired) electrons. The first-order valence-electron chi connectivity index (χ1n) is 10.4. The van der Waals surface area contributed by atoms with Gasteiger partial charge in [0, 0.05) is 34.1 Å². The van der Waals surface area contributed by atoms with Crippen molar-refractivity contribution in [1.82, 2.24) is 19.7 Å². The molecule has 0 bridgehead atoms. The molecule has 164 valence electrons. The predicted molar refractivity (Wildman–Crippen MR) is 130 cm³/mol. The van der Waals surface area contributed by atoms with E-state index in [2.05, 4.69) is 46.1 Å². The smallest absolute Gasteiger partial charge is 0.251 e. The Morgan fingerprint density at radius 1 is 1.09 bits per heavy atom. The number of hydrogen-bond donors (Lipinski definition) is 2. The second kappa shape index (κ2) is 9.22. The first-order valence-corrected chi connectivity index (χ1v) is 11.6. The first kappa shape index (κ1) is 20.8. The lowest BCUT2D eigenvalue weighted by molar-refractivity contribution is 0.0948. The lowest BCUT2D eigenvalue weighted by atomic mass is 10.1. The molecule has 33 heavy (non-hydrogen) atoms. The van der Waals surface area contributed by atoms with E-state index in [1.807, 2.05) is 28.8 Å². The van der Waals surface area contributed by atoms with E-state index in [9.17, 15) is 4.79 Å². The molecule has 5 aromatic rings. The summed E-state index contributed by atoms with van der Waals surface area (Å²) in [6, 6.07) is 19.3. The lowest BCUT2D eigenvalue weighted by Crippen LogP contribution is -2.22. The fourth-order valence-corrected chi connectivity index (χ4v) is 3.91. The molecule has 8 heteroatoms. The van der Waals surface area contributed by atoms with E-state index in [1.54, 1.807) is 48.6 Å². The van der Waals surface area contributed by atoms with Gasteiger partial charge in [-0.15, -0.1) is 11.8 Å². The monoisotopic (exact) mass is 455 g/mol. The largest absolute Gasteiger partial charge is 0.467 e. The Balaban J connectivity index is 1.39. The Labute approximate surface area is 194 Å². The van der Waals surface area contributed by atoms with Crippen LogP contribution in [0.4, 0.5) is 11.5 Å². The molecule has 0 saturated carbocycles. The number of nitrogens with one attached hydrogen (secondary N) is 2. The van der Waals surface area contributed by atoms with Crippen molar-refractivity contribution in [3.63, 3.8) is 0 Å². The molecule has 2 N–H and O–H groups in total. The molecule has 0 aliphatic heterocycles. The zero-order chi connectivity index (χ0) is 22.6. The zero-order valence-corrected chi connectivity index (χ0v) is 18.7. The highest BCUT2D eigenvalue weighted by atomic mass is 32.2. The van der Waals surface area contributed by atoms with Gasteiger partial charge < -0.3 is 15.1 Å². The van der Waals surface area contributed by atoms with Crippen molar-refractivity contribution >= 4 is 34.8 Å². The molecule has 0 unspecified atom stereocenters. The van der Waals surface area contributed by atoms with Crippen molar-refractivity contribution in [2.24, 2.45) is 0 Å². The fourth-order valence-electron chi connectivity index (χ4n) is 3.50. The number of thioether (sulfide) groups is 1. The number of carbonyl (C=O) groups is 1. The minimum atomic E-state index is -0.159. The quantitative estimate of drug-likeness (QED) is 0.320. The van der Waals surface area contributed by atoms with Gasteiger partial charge in [0.05, 0.1) is 19.0 Å². The van der Waals surface area contributed by atoms with Crippen molar-refractivity contribution in [2.75, 3.05) is 11.6 Å². The molecule has 0 spiro atoms. The summed E-state index contributed by atoms with van der Waals surface area (Å²) < 4.78 is 7.22. The Hall–Kier alpha value is -4.04. The molecule has 1 amide bonds. The Morgan fingerprint density at radius 3 is 2.64 bits per heavy atom. The van der Waals surface area contributed by atoms with Crippen LogP contribution in [0.15, 0.2) is 94.8 Å². The molecular formula is C25H21N5O2S. The third-order valence-electron chi connectivity index (χ3n) is 5.21. The standard InChI is InChI=1S/C25H21N5O2S/c1-33-21-10-6-17(7-11-21)23-24(30-13-12-26-16-22(30)29-23)28-19-8-4-18(5-9-19)25(31)27-15-20-3-2-14-32-20/h2-14,16,28H,15H2,1H3,(H,27,31). The van der Waals surface area contributed by atoms with Crippen LogP contribution in [0.3, 0.4) is 0 Å². The highest BCUT2D eigenvalue weighted by Gasteiger charge is 2.15. The Kier molecular flexibility index (Phi) is 5.82. The van der Waals surface area contributed by atoms with Crippen LogP contribution < -0.4 is 10.6 Å². The van der Waals surface area contributed by atoms with Gasteiger partial charge in [-0.05, 0) is 54.8 Å². The SMILES string of the molecule is CSc1ccc(-c2nc3cnccn3c2Nc2ccc(C(=O)NCc3ccco3)cc2)cc1. The Morgan fingerprint density at radius 2 is 1.91 bits per heavy atom. The summed E-state index contributed by atoms with van der Waals surface area (Å²) in [5.41, 5.74) is 4.00. The topological polar surface area (TPSA) is 84.5 Å². The summed E-state index contributed by atoms with van der Waals surface area (Å²) in [5, 5.41) is 6.32. The summed E-state index contributed by atoms with van der Waals surface area (Å²) in [4.78, 5) is 22.6. The maximum atomic E-state index is 12.4. The normalized spacial score (nSPS) is 10.9. The number of furan rings is 1. The van der Waals surface area contributed by atoms with E-state index in [4.69, 9.17) is 9.40 Å². The van der Waals surface area contributed by atoms with Gasteiger partial charge in [-0.3, -0.25) is 14.2 Å². The van der Waals surface area contributed by atoms with Gasteiger partial charge in [0.25, 0.3) is 5.91 Å². The number of benzene rings is 2. The van der Waals surface area contributed by atoms with Crippen LogP contribution in [0.5, 0.6) is 0 Å². The number of fused-ring (bicyclic) bond motifs is 1. The molecule has 0 atom stereocenters. The summed E-state index contributed by atoms with van der Waals surface area (Å²) in [7, 11) is 0. The third-order valence-corrected chi connectivity index (χ3v) is 5.95. The second-order valence-electron chi connectivity index (χ2n) is 7.31. The van der Waals surface area contributed by atoms with E-state index >= 15 is 0 Å². The predicted octanol–water partition coefficient (Wildman–Crippen LogP) is 5.38. The lowest BCUT2D eigenvalue weighted by Gasteiger charge is -2.10. The number of aromatic nitrogens is 3. The van der Waals surface area contributed by atoms with Crippen LogP contribution in [-0.2, 0) is 6.54 Å².